The molecule has 7 heteroatoms. The third kappa shape index (κ3) is 7.18. The fourth-order valence-electron chi connectivity index (χ4n) is 7.94. The van der Waals surface area contributed by atoms with E-state index in [9.17, 15) is 0 Å². The van der Waals surface area contributed by atoms with Crippen LogP contribution >= 0.6 is 0 Å². The van der Waals surface area contributed by atoms with E-state index < -0.39 is 27.4 Å². The average molecular weight is 747 g/mol. The molecule has 0 saturated carbocycles. The molecule has 55 heavy (non-hydrogen) atoms. The lowest BCUT2D eigenvalue weighted by Crippen LogP contribution is -2.25. The minimum absolute atomic E-state index is 0.155. The Kier molecular flexibility index (Phi) is 10.7. The molecule has 4 aromatic rings. The van der Waals surface area contributed by atoms with Crippen molar-refractivity contribution < 1.29 is 33.3 Å². The lowest BCUT2D eigenvalue weighted by Gasteiger charge is -2.30. The molecule has 0 aromatic heterocycles. The Morgan fingerprint density at radius 1 is 0.364 bits per heavy atom. The Balaban J connectivity index is 2.11. The number of carbonyl (C=O) groups excluding carboxylic acids is 3. The van der Waals surface area contributed by atoms with Crippen LogP contribution in [0.25, 0.3) is 0 Å². The SMILES string of the molecule is COc1c2ccc(C(C)(C)C)c1C(=O)c1ccc(C(C)(C)C)c(c1OC)C(=O)c1c(C(C)(C)C)ccc(c1OC)C(=O)c1c(C(C)(C)C)ccc(c1OC)C2. The second-order valence-electron chi connectivity index (χ2n) is 18.7. The topological polar surface area (TPSA) is 88.1 Å². The normalized spacial score (nSPS) is 13.9. The van der Waals surface area contributed by atoms with Gasteiger partial charge in [-0.25, -0.2) is 0 Å². The molecule has 7 nitrogen and oxygen atoms in total. The zero-order valence-corrected chi connectivity index (χ0v) is 35.7. The molecule has 0 spiro atoms. The molecular weight excluding hydrogens is 689 g/mol. The first-order valence-electron chi connectivity index (χ1n) is 18.9. The van der Waals surface area contributed by atoms with E-state index in [0.717, 1.165) is 22.3 Å². The quantitative estimate of drug-likeness (QED) is 0.181. The Morgan fingerprint density at radius 3 is 0.873 bits per heavy atom. The van der Waals surface area contributed by atoms with Gasteiger partial charge in [0.1, 0.15) is 23.0 Å². The highest BCUT2D eigenvalue weighted by molar-refractivity contribution is 6.22. The zero-order valence-electron chi connectivity index (χ0n) is 35.7. The van der Waals surface area contributed by atoms with Crippen LogP contribution in [-0.4, -0.2) is 45.8 Å². The lowest BCUT2D eigenvalue weighted by atomic mass is 9.75. The number of fused-ring (bicyclic) bond motifs is 8. The summed E-state index contributed by atoms with van der Waals surface area (Å²) in [6.45, 7) is 24.4. The summed E-state index contributed by atoms with van der Waals surface area (Å²) in [6, 6.07) is 15.1. The van der Waals surface area contributed by atoms with E-state index in [-0.39, 0.29) is 45.3 Å². The van der Waals surface area contributed by atoms with E-state index in [1.807, 2.05) is 77.9 Å². The molecule has 4 aromatic carbocycles. The molecule has 0 radical (unpaired) electrons. The molecule has 1 aliphatic rings. The van der Waals surface area contributed by atoms with Gasteiger partial charge in [0.05, 0.1) is 61.8 Å². The van der Waals surface area contributed by atoms with Crippen molar-refractivity contribution >= 4 is 17.3 Å². The number of hydrogen-bond acceptors (Lipinski definition) is 7. The van der Waals surface area contributed by atoms with Gasteiger partial charge in [0, 0.05) is 6.42 Å². The molecule has 0 heterocycles. The van der Waals surface area contributed by atoms with E-state index in [4.69, 9.17) is 18.9 Å². The molecule has 8 bridgehead atoms. The van der Waals surface area contributed by atoms with Crippen molar-refractivity contribution in [1.29, 1.82) is 0 Å². The van der Waals surface area contributed by atoms with Gasteiger partial charge in [0.25, 0.3) is 0 Å². The van der Waals surface area contributed by atoms with Gasteiger partial charge < -0.3 is 18.9 Å². The maximum atomic E-state index is 15.7. The Hall–Kier alpha value is -4.91. The van der Waals surface area contributed by atoms with E-state index in [2.05, 4.69) is 41.5 Å². The van der Waals surface area contributed by atoms with Crippen molar-refractivity contribution in [2.45, 2.75) is 111 Å². The van der Waals surface area contributed by atoms with Gasteiger partial charge >= 0.3 is 0 Å². The van der Waals surface area contributed by atoms with E-state index in [1.165, 1.54) is 14.2 Å². The molecule has 0 N–H and O–H groups in total. The summed E-state index contributed by atoms with van der Waals surface area (Å²) in [5, 5.41) is 0. The summed E-state index contributed by atoms with van der Waals surface area (Å²) in [5.74, 6) is 0.0694. The Bertz CT molecular complexity index is 2050. The molecule has 292 valence electrons. The highest BCUT2D eigenvalue weighted by atomic mass is 16.5. The fourth-order valence-corrected chi connectivity index (χ4v) is 7.94. The van der Waals surface area contributed by atoms with Crippen molar-refractivity contribution in [3.8, 4) is 23.0 Å². The number of rotatable bonds is 4. The molecule has 1 aliphatic carbocycles. The van der Waals surface area contributed by atoms with Crippen LogP contribution in [-0.2, 0) is 28.1 Å². The van der Waals surface area contributed by atoms with Crippen LogP contribution in [0.2, 0.25) is 0 Å². The second-order valence-corrected chi connectivity index (χ2v) is 18.7. The first kappa shape index (κ1) is 41.3. The summed E-state index contributed by atoms with van der Waals surface area (Å²) in [4.78, 5) is 46.3. The maximum absolute atomic E-state index is 15.7. The van der Waals surface area contributed by atoms with E-state index in [0.29, 0.717) is 40.2 Å². The van der Waals surface area contributed by atoms with Crippen LogP contribution in [0.4, 0.5) is 0 Å². The van der Waals surface area contributed by atoms with Crippen LogP contribution in [0, 0.1) is 0 Å². The fraction of sp³-hybridized carbons (Fsp3) is 0.438. The number of ketones is 3. The van der Waals surface area contributed by atoms with Crippen LogP contribution in [0.3, 0.4) is 0 Å². The van der Waals surface area contributed by atoms with Gasteiger partial charge in [-0.1, -0.05) is 119 Å². The van der Waals surface area contributed by atoms with Crippen LogP contribution in [0.1, 0.15) is 164 Å². The first-order valence-corrected chi connectivity index (χ1v) is 18.9. The Labute approximate surface area is 327 Å². The van der Waals surface area contributed by atoms with Gasteiger partial charge in [-0.15, -0.1) is 0 Å². The van der Waals surface area contributed by atoms with Crippen LogP contribution < -0.4 is 18.9 Å². The van der Waals surface area contributed by atoms with Gasteiger partial charge in [0.15, 0.2) is 0 Å². The number of carbonyl (C=O) groups is 3. The number of benzene rings is 4. The number of ether oxygens (including phenoxy) is 4. The smallest absolute Gasteiger partial charge is 0.201 e. The summed E-state index contributed by atoms with van der Waals surface area (Å²) in [5.41, 5.74) is 4.09. The zero-order chi connectivity index (χ0) is 41.2. The van der Waals surface area contributed by atoms with Gasteiger partial charge in [-0.2, -0.15) is 0 Å². The first-order chi connectivity index (χ1) is 25.4. The van der Waals surface area contributed by atoms with Crippen molar-refractivity contribution in [2.24, 2.45) is 0 Å². The van der Waals surface area contributed by atoms with Gasteiger partial charge in [-0.3, -0.25) is 14.4 Å². The third-order valence-electron chi connectivity index (χ3n) is 10.6. The molecule has 5 rings (SSSR count). The minimum atomic E-state index is -0.549. The highest BCUT2D eigenvalue weighted by Crippen LogP contribution is 2.46. The highest BCUT2D eigenvalue weighted by Gasteiger charge is 2.39. The summed E-state index contributed by atoms with van der Waals surface area (Å²) in [7, 11) is 6.11. The molecule has 0 fully saturated rings. The molecule has 0 atom stereocenters. The monoisotopic (exact) mass is 746 g/mol. The molecular formula is C48H58O7. The van der Waals surface area contributed by atoms with Crippen molar-refractivity contribution in [1.82, 2.24) is 0 Å². The summed E-state index contributed by atoms with van der Waals surface area (Å²) in [6.07, 6.45) is 0.303. The number of methoxy groups -OCH3 is 4. The van der Waals surface area contributed by atoms with E-state index >= 15 is 14.4 Å². The Morgan fingerprint density at radius 2 is 0.618 bits per heavy atom. The third-order valence-corrected chi connectivity index (χ3v) is 10.6. The molecule has 0 amide bonds. The predicted octanol–water partition coefficient (Wildman–Crippen LogP) is 10.5. The van der Waals surface area contributed by atoms with Crippen molar-refractivity contribution in [2.75, 3.05) is 28.4 Å². The molecule has 0 saturated heterocycles. The predicted molar refractivity (Wildman–Crippen MR) is 220 cm³/mol. The minimum Gasteiger partial charge on any atom is -0.496 e. The molecule has 0 aliphatic heterocycles. The van der Waals surface area contributed by atoms with Crippen molar-refractivity contribution in [3.05, 3.63) is 115 Å². The lowest BCUT2D eigenvalue weighted by molar-refractivity contribution is 0.102. The van der Waals surface area contributed by atoms with Crippen LogP contribution in [0.15, 0.2) is 48.5 Å². The standard InChI is InChI=1S/C48H58O7/c1-45(2,3)30-21-17-26-25-27-18-22-31(46(4,5)6)35(42(27)53-14)39(50)29-20-24-33(48(10,11)12)37(44(29)55-16)40(51)36-32(47(7,8)9)23-19-28(43(36)54-15)38(49)34(30)41(26)52-13/h17-24H,25H2,1-16H3. The van der Waals surface area contributed by atoms with Crippen LogP contribution in [0.5, 0.6) is 23.0 Å². The average Bonchev–Trinajstić information content (AvgIpc) is 3.09. The maximum Gasteiger partial charge on any atom is 0.201 e. The van der Waals surface area contributed by atoms with Gasteiger partial charge in [-0.05, 0) is 67.2 Å². The summed E-state index contributed by atoms with van der Waals surface area (Å²) < 4.78 is 24.7. The summed E-state index contributed by atoms with van der Waals surface area (Å²) >= 11 is 0. The largest absolute Gasteiger partial charge is 0.496 e. The number of hydrogen-bond donors (Lipinski definition) is 0. The second kappa shape index (κ2) is 14.3. The van der Waals surface area contributed by atoms with Crippen molar-refractivity contribution in [3.63, 3.8) is 0 Å². The molecule has 0 unspecified atom stereocenters. The van der Waals surface area contributed by atoms with Gasteiger partial charge in [0.2, 0.25) is 17.3 Å². The van der Waals surface area contributed by atoms with E-state index in [1.54, 1.807) is 26.4 Å².